The Morgan fingerprint density at radius 1 is 1.17 bits per heavy atom. The standard InChI is InChI=1S/C20H38N2Si/c1-13-9-10-15-16-12-14(2)22(6)18(16)19(17(15)11-13)23(7,8)21-20(3,4)5/h12-13,15-19,21H,9-11H2,1-8H3. The molecule has 0 aromatic carbocycles. The van der Waals surface area contributed by atoms with Gasteiger partial charge in [-0.3, -0.25) is 0 Å². The minimum Gasteiger partial charge on any atom is -0.375 e. The third kappa shape index (κ3) is 3.04. The van der Waals surface area contributed by atoms with Gasteiger partial charge in [-0.15, -0.1) is 0 Å². The predicted octanol–water partition coefficient (Wildman–Crippen LogP) is 4.85. The molecule has 2 fully saturated rings. The Hall–Kier alpha value is -0.283. The van der Waals surface area contributed by atoms with Gasteiger partial charge in [0.05, 0.1) is 0 Å². The number of allylic oxidation sites excluding steroid dienone is 1. The number of nitrogens with zero attached hydrogens (tertiary/aromatic N) is 1. The summed E-state index contributed by atoms with van der Waals surface area (Å²) in [6.07, 6.45) is 6.99. The summed E-state index contributed by atoms with van der Waals surface area (Å²) < 4.78 is 0. The highest BCUT2D eigenvalue weighted by Crippen LogP contribution is 2.60. The zero-order valence-electron chi connectivity index (χ0n) is 16.6. The lowest BCUT2D eigenvalue weighted by molar-refractivity contribution is 0.198. The van der Waals surface area contributed by atoms with Crippen LogP contribution in [-0.4, -0.2) is 31.8 Å². The summed E-state index contributed by atoms with van der Waals surface area (Å²) in [7, 11) is 0.827. The molecule has 0 aromatic heterocycles. The third-order valence-electron chi connectivity index (χ3n) is 6.90. The van der Waals surface area contributed by atoms with Crippen molar-refractivity contribution in [2.75, 3.05) is 7.05 Å². The fourth-order valence-electron chi connectivity index (χ4n) is 6.45. The second-order valence-electron chi connectivity index (χ2n) is 10.4. The van der Waals surface area contributed by atoms with E-state index in [0.29, 0.717) is 0 Å². The minimum absolute atomic E-state index is 0.225. The SMILES string of the molecule is CC1=CC2C3CCC(C)CC3C([Si](C)(C)NC(C)(C)C)C2N1C. The van der Waals surface area contributed by atoms with E-state index in [-0.39, 0.29) is 5.54 Å². The number of hydrogen-bond acceptors (Lipinski definition) is 2. The molecule has 3 heteroatoms. The second kappa shape index (κ2) is 5.62. The highest BCUT2D eigenvalue weighted by atomic mass is 28.3. The van der Waals surface area contributed by atoms with Gasteiger partial charge in [0.1, 0.15) is 8.24 Å². The van der Waals surface area contributed by atoms with E-state index in [2.05, 4.69) is 70.7 Å². The Morgan fingerprint density at radius 3 is 2.43 bits per heavy atom. The Balaban J connectivity index is 1.96. The zero-order valence-corrected chi connectivity index (χ0v) is 17.6. The molecule has 1 N–H and O–H groups in total. The van der Waals surface area contributed by atoms with E-state index in [1.165, 1.54) is 25.0 Å². The van der Waals surface area contributed by atoms with Gasteiger partial charge in [0, 0.05) is 30.2 Å². The van der Waals surface area contributed by atoms with Crippen molar-refractivity contribution < 1.29 is 0 Å². The van der Waals surface area contributed by atoms with Gasteiger partial charge in [-0.25, -0.2) is 0 Å². The Labute approximate surface area is 145 Å². The molecule has 0 spiro atoms. The molecule has 6 unspecified atom stereocenters. The van der Waals surface area contributed by atoms with Crippen LogP contribution in [0.1, 0.15) is 53.9 Å². The average molecular weight is 335 g/mol. The maximum Gasteiger partial charge on any atom is 0.125 e. The van der Waals surface area contributed by atoms with Crippen molar-refractivity contribution in [2.45, 2.75) is 84.1 Å². The summed E-state index contributed by atoms with van der Waals surface area (Å²) in [4.78, 5) is 6.76. The lowest BCUT2D eigenvalue weighted by Gasteiger charge is -2.46. The average Bonchev–Trinajstić information content (AvgIpc) is 2.82. The quantitative estimate of drug-likeness (QED) is 0.726. The molecule has 23 heavy (non-hydrogen) atoms. The van der Waals surface area contributed by atoms with E-state index in [9.17, 15) is 0 Å². The highest BCUT2D eigenvalue weighted by Gasteiger charge is 2.59. The van der Waals surface area contributed by atoms with Crippen molar-refractivity contribution in [1.29, 1.82) is 0 Å². The van der Waals surface area contributed by atoms with Crippen molar-refractivity contribution in [3.63, 3.8) is 0 Å². The molecule has 0 radical (unpaired) electrons. The third-order valence-corrected chi connectivity index (χ3v) is 10.7. The van der Waals surface area contributed by atoms with Gasteiger partial charge >= 0.3 is 0 Å². The van der Waals surface area contributed by atoms with Crippen LogP contribution in [-0.2, 0) is 0 Å². The van der Waals surface area contributed by atoms with E-state index in [1.54, 1.807) is 0 Å². The van der Waals surface area contributed by atoms with Crippen LogP contribution in [0.15, 0.2) is 11.8 Å². The topological polar surface area (TPSA) is 15.3 Å². The molecule has 6 atom stereocenters. The van der Waals surface area contributed by atoms with E-state index < -0.39 is 8.24 Å². The molecular weight excluding hydrogens is 296 g/mol. The lowest BCUT2D eigenvalue weighted by atomic mass is 9.74. The van der Waals surface area contributed by atoms with Gasteiger partial charge in [-0.2, -0.15) is 0 Å². The second-order valence-corrected chi connectivity index (χ2v) is 14.7. The van der Waals surface area contributed by atoms with Gasteiger partial charge in [0.25, 0.3) is 0 Å². The lowest BCUT2D eigenvalue weighted by Crippen LogP contribution is -2.61. The maximum atomic E-state index is 4.12. The summed E-state index contributed by atoms with van der Waals surface area (Å²) in [6, 6.07) is 0.756. The molecule has 0 bridgehead atoms. The van der Waals surface area contributed by atoms with Crippen molar-refractivity contribution >= 4 is 8.24 Å². The maximum absolute atomic E-state index is 4.12. The molecule has 132 valence electrons. The first-order chi connectivity index (χ1) is 10.5. The van der Waals surface area contributed by atoms with E-state index in [4.69, 9.17) is 0 Å². The molecular formula is C20H38N2Si. The van der Waals surface area contributed by atoms with Crippen LogP contribution >= 0.6 is 0 Å². The van der Waals surface area contributed by atoms with Gasteiger partial charge in [0.2, 0.25) is 0 Å². The molecule has 3 rings (SSSR count). The Kier molecular flexibility index (Phi) is 4.29. The number of fused-ring (bicyclic) bond motifs is 3. The first-order valence-corrected chi connectivity index (χ1v) is 12.8. The van der Waals surface area contributed by atoms with Crippen molar-refractivity contribution in [1.82, 2.24) is 9.88 Å². The van der Waals surface area contributed by atoms with Crippen LogP contribution in [0.2, 0.25) is 18.6 Å². The van der Waals surface area contributed by atoms with Gasteiger partial charge in [-0.05, 0) is 63.8 Å². The smallest absolute Gasteiger partial charge is 0.125 e. The molecule has 0 aromatic rings. The van der Waals surface area contributed by atoms with E-state index in [0.717, 1.165) is 35.3 Å². The number of rotatable bonds is 2. The predicted molar refractivity (Wildman–Crippen MR) is 103 cm³/mol. The van der Waals surface area contributed by atoms with Crippen molar-refractivity contribution in [3.05, 3.63) is 11.8 Å². The monoisotopic (exact) mass is 334 g/mol. The molecule has 0 amide bonds. The Bertz CT molecular complexity index is 490. The summed E-state index contributed by atoms with van der Waals surface area (Å²) in [5.74, 6) is 3.62. The Morgan fingerprint density at radius 2 is 1.83 bits per heavy atom. The molecule has 0 saturated heterocycles. The van der Waals surface area contributed by atoms with Crippen LogP contribution in [0.3, 0.4) is 0 Å². The normalized spacial score (nSPS) is 40.9. The zero-order chi connectivity index (χ0) is 17.2. The highest BCUT2D eigenvalue weighted by molar-refractivity contribution is 6.76. The van der Waals surface area contributed by atoms with Crippen LogP contribution in [0.5, 0.6) is 0 Å². The van der Waals surface area contributed by atoms with Gasteiger partial charge in [-0.1, -0.05) is 32.5 Å². The first kappa shape index (κ1) is 17.5. The number of hydrogen-bond donors (Lipinski definition) is 1. The fourth-order valence-corrected chi connectivity index (χ4v) is 11.3. The first-order valence-electron chi connectivity index (χ1n) is 9.72. The molecule has 3 aliphatic rings. The molecule has 1 aliphatic heterocycles. The molecule has 1 heterocycles. The van der Waals surface area contributed by atoms with Gasteiger partial charge < -0.3 is 9.88 Å². The fraction of sp³-hybridized carbons (Fsp3) is 0.900. The van der Waals surface area contributed by atoms with Crippen LogP contribution in [0, 0.1) is 23.7 Å². The number of nitrogens with one attached hydrogen (secondary N) is 1. The van der Waals surface area contributed by atoms with Crippen LogP contribution < -0.4 is 4.98 Å². The molecule has 2 aliphatic carbocycles. The van der Waals surface area contributed by atoms with E-state index in [1.807, 2.05) is 0 Å². The summed E-state index contributed by atoms with van der Waals surface area (Å²) in [6.45, 7) is 17.0. The summed E-state index contributed by atoms with van der Waals surface area (Å²) in [5.41, 5.74) is 2.62. The van der Waals surface area contributed by atoms with Gasteiger partial charge in [0.15, 0.2) is 0 Å². The molecule has 2 saturated carbocycles. The minimum atomic E-state index is -1.53. The van der Waals surface area contributed by atoms with Crippen molar-refractivity contribution in [2.24, 2.45) is 23.7 Å². The van der Waals surface area contributed by atoms with Crippen LogP contribution in [0.4, 0.5) is 0 Å². The van der Waals surface area contributed by atoms with Crippen LogP contribution in [0.25, 0.3) is 0 Å². The largest absolute Gasteiger partial charge is 0.375 e. The summed E-state index contributed by atoms with van der Waals surface area (Å²) >= 11 is 0. The molecule has 2 nitrogen and oxygen atoms in total. The van der Waals surface area contributed by atoms with E-state index >= 15 is 0 Å². The van der Waals surface area contributed by atoms with Crippen molar-refractivity contribution in [3.8, 4) is 0 Å². The summed E-state index contributed by atoms with van der Waals surface area (Å²) in [5, 5.41) is 0.